The van der Waals surface area contributed by atoms with Crippen molar-refractivity contribution in [1.82, 2.24) is 15.3 Å². The number of amides is 2. The van der Waals surface area contributed by atoms with E-state index in [9.17, 15) is 19.5 Å². The molecule has 2 aromatic rings. The molecule has 0 radical (unpaired) electrons. The van der Waals surface area contributed by atoms with Crippen LogP contribution in [-0.2, 0) is 0 Å². The van der Waals surface area contributed by atoms with E-state index < -0.39 is 18.0 Å². The zero-order chi connectivity index (χ0) is 17.7. The highest BCUT2D eigenvalue weighted by Crippen LogP contribution is 2.23. The lowest BCUT2D eigenvalue weighted by atomic mass is 10.1. The average molecular weight is 330 g/mol. The van der Waals surface area contributed by atoms with Crippen molar-refractivity contribution in [2.75, 3.05) is 11.9 Å². The highest BCUT2D eigenvalue weighted by molar-refractivity contribution is 5.99. The lowest BCUT2D eigenvalue weighted by Crippen LogP contribution is -2.29. The van der Waals surface area contributed by atoms with Crippen molar-refractivity contribution in [3.8, 4) is 11.1 Å². The van der Waals surface area contributed by atoms with E-state index in [0.29, 0.717) is 17.7 Å². The molecule has 0 bridgehead atoms. The lowest BCUT2D eigenvalue weighted by molar-refractivity contribution is 0.0686. The maximum atomic E-state index is 11.5. The van der Waals surface area contributed by atoms with Crippen LogP contribution in [0.4, 0.5) is 10.6 Å². The summed E-state index contributed by atoms with van der Waals surface area (Å²) in [5.41, 5.74) is 0.507. The van der Waals surface area contributed by atoms with Crippen LogP contribution in [0.1, 0.15) is 27.6 Å². The molecule has 24 heavy (non-hydrogen) atoms. The van der Waals surface area contributed by atoms with Gasteiger partial charge in [-0.15, -0.1) is 0 Å². The SMILES string of the molecule is CCNC(=O)Nc1ncc(-c2cncc(C(=O)O)c2)cc1C(=O)O. The van der Waals surface area contributed by atoms with Crippen LogP contribution in [0.3, 0.4) is 0 Å². The van der Waals surface area contributed by atoms with Crippen molar-refractivity contribution >= 4 is 23.8 Å². The van der Waals surface area contributed by atoms with E-state index in [-0.39, 0.29) is 16.9 Å². The summed E-state index contributed by atoms with van der Waals surface area (Å²) in [4.78, 5) is 41.7. The first-order valence-electron chi connectivity index (χ1n) is 6.89. The van der Waals surface area contributed by atoms with Crippen molar-refractivity contribution in [1.29, 1.82) is 0 Å². The number of hydrogen-bond donors (Lipinski definition) is 4. The number of aromatic carboxylic acids is 2. The van der Waals surface area contributed by atoms with Gasteiger partial charge in [-0.25, -0.2) is 19.4 Å². The van der Waals surface area contributed by atoms with Crippen molar-refractivity contribution in [3.05, 3.63) is 41.9 Å². The molecule has 0 spiro atoms. The van der Waals surface area contributed by atoms with Crippen molar-refractivity contribution in [3.63, 3.8) is 0 Å². The van der Waals surface area contributed by atoms with Gasteiger partial charge in [0.05, 0.1) is 5.56 Å². The average Bonchev–Trinajstić information content (AvgIpc) is 2.55. The molecule has 0 atom stereocenters. The summed E-state index contributed by atoms with van der Waals surface area (Å²) in [5, 5.41) is 23.1. The molecule has 0 saturated carbocycles. The first-order chi connectivity index (χ1) is 11.4. The van der Waals surface area contributed by atoms with Crippen LogP contribution in [0, 0.1) is 0 Å². The summed E-state index contributed by atoms with van der Waals surface area (Å²) in [6.07, 6.45) is 3.91. The van der Waals surface area contributed by atoms with Gasteiger partial charge in [0.1, 0.15) is 11.4 Å². The minimum Gasteiger partial charge on any atom is -0.478 e. The Balaban J connectivity index is 2.42. The Morgan fingerprint density at radius 3 is 2.38 bits per heavy atom. The Bertz CT molecular complexity index is 806. The Hall–Kier alpha value is -3.49. The van der Waals surface area contributed by atoms with E-state index in [2.05, 4.69) is 20.6 Å². The molecule has 0 fully saturated rings. The van der Waals surface area contributed by atoms with Gasteiger partial charge >= 0.3 is 18.0 Å². The van der Waals surface area contributed by atoms with Gasteiger partial charge < -0.3 is 15.5 Å². The molecule has 9 heteroatoms. The molecule has 2 aromatic heterocycles. The fourth-order valence-electron chi connectivity index (χ4n) is 1.91. The molecule has 0 aliphatic heterocycles. The minimum absolute atomic E-state index is 0.0334. The third-order valence-corrected chi connectivity index (χ3v) is 3.01. The van der Waals surface area contributed by atoms with E-state index in [4.69, 9.17) is 5.11 Å². The molecule has 0 unspecified atom stereocenters. The summed E-state index contributed by atoms with van der Waals surface area (Å²) in [6.45, 7) is 2.09. The number of carbonyl (C=O) groups excluding carboxylic acids is 1. The zero-order valence-electron chi connectivity index (χ0n) is 12.6. The number of carboxylic acid groups (broad SMARTS) is 2. The van der Waals surface area contributed by atoms with E-state index in [1.165, 1.54) is 30.7 Å². The van der Waals surface area contributed by atoms with Gasteiger partial charge in [-0.05, 0) is 19.1 Å². The Labute approximate surface area is 136 Å². The molecule has 2 heterocycles. The third kappa shape index (κ3) is 3.83. The number of nitrogens with one attached hydrogen (secondary N) is 2. The van der Waals surface area contributed by atoms with Crippen molar-refractivity contribution in [2.45, 2.75) is 6.92 Å². The molecule has 2 amide bonds. The van der Waals surface area contributed by atoms with Gasteiger partial charge in [-0.1, -0.05) is 0 Å². The number of pyridine rings is 2. The van der Waals surface area contributed by atoms with E-state index in [1.54, 1.807) is 6.92 Å². The predicted octanol–water partition coefficient (Wildman–Crippen LogP) is 1.68. The maximum absolute atomic E-state index is 11.5. The fraction of sp³-hybridized carbons (Fsp3) is 0.133. The predicted molar refractivity (Wildman–Crippen MR) is 84.1 cm³/mol. The molecule has 124 valence electrons. The number of anilines is 1. The smallest absolute Gasteiger partial charge is 0.339 e. The first kappa shape index (κ1) is 16.9. The summed E-state index contributed by atoms with van der Waals surface area (Å²) >= 11 is 0. The first-order valence-corrected chi connectivity index (χ1v) is 6.89. The second kappa shape index (κ2) is 7.18. The van der Waals surface area contributed by atoms with Gasteiger partial charge in [0, 0.05) is 36.3 Å². The minimum atomic E-state index is -1.28. The number of carbonyl (C=O) groups is 3. The van der Waals surface area contributed by atoms with Crippen LogP contribution < -0.4 is 10.6 Å². The molecule has 2 rings (SSSR count). The van der Waals surface area contributed by atoms with E-state index in [1.807, 2.05) is 0 Å². The number of carboxylic acids is 2. The standard InChI is InChI=1S/C15H14N4O5/c1-2-17-15(24)19-12-11(14(22)23)4-9(7-18-12)8-3-10(13(20)21)6-16-5-8/h3-7H,2H2,1H3,(H,20,21)(H,22,23)(H2,17,18,19,24). The Morgan fingerprint density at radius 1 is 1.04 bits per heavy atom. The number of urea groups is 1. The zero-order valence-corrected chi connectivity index (χ0v) is 12.6. The molecular weight excluding hydrogens is 316 g/mol. The molecular formula is C15H14N4O5. The van der Waals surface area contributed by atoms with Gasteiger partial charge in [-0.3, -0.25) is 10.3 Å². The third-order valence-electron chi connectivity index (χ3n) is 3.01. The monoisotopic (exact) mass is 330 g/mol. The van der Waals surface area contributed by atoms with Crippen LogP contribution in [0.25, 0.3) is 11.1 Å². The highest BCUT2D eigenvalue weighted by atomic mass is 16.4. The quantitative estimate of drug-likeness (QED) is 0.653. The van der Waals surface area contributed by atoms with Crippen LogP contribution in [0.15, 0.2) is 30.7 Å². The number of nitrogens with zero attached hydrogens (tertiary/aromatic N) is 2. The normalized spacial score (nSPS) is 10.0. The van der Waals surface area contributed by atoms with Crippen LogP contribution >= 0.6 is 0 Å². The molecule has 0 aliphatic rings. The fourth-order valence-corrected chi connectivity index (χ4v) is 1.91. The second-order valence-electron chi connectivity index (χ2n) is 4.68. The second-order valence-corrected chi connectivity index (χ2v) is 4.68. The largest absolute Gasteiger partial charge is 0.478 e. The Kier molecular flexibility index (Phi) is 5.05. The van der Waals surface area contributed by atoms with Gasteiger partial charge in [0.2, 0.25) is 0 Å². The van der Waals surface area contributed by atoms with Crippen LogP contribution in [-0.4, -0.2) is 44.7 Å². The summed E-state index contributed by atoms with van der Waals surface area (Å²) in [5.74, 6) is -2.54. The molecule has 4 N–H and O–H groups in total. The molecule has 0 aromatic carbocycles. The summed E-state index contributed by atoms with van der Waals surface area (Å²) < 4.78 is 0. The molecule has 9 nitrogen and oxygen atoms in total. The van der Waals surface area contributed by atoms with Crippen molar-refractivity contribution in [2.24, 2.45) is 0 Å². The van der Waals surface area contributed by atoms with Gasteiger partial charge in [0.15, 0.2) is 0 Å². The van der Waals surface area contributed by atoms with Crippen LogP contribution in [0.2, 0.25) is 0 Å². The topological polar surface area (TPSA) is 142 Å². The number of rotatable bonds is 5. The van der Waals surface area contributed by atoms with E-state index in [0.717, 1.165) is 0 Å². The number of hydrogen-bond acceptors (Lipinski definition) is 5. The summed E-state index contributed by atoms with van der Waals surface area (Å²) in [7, 11) is 0. The van der Waals surface area contributed by atoms with Gasteiger partial charge in [-0.2, -0.15) is 0 Å². The lowest BCUT2D eigenvalue weighted by Gasteiger charge is -2.10. The van der Waals surface area contributed by atoms with Gasteiger partial charge in [0.25, 0.3) is 0 Å². The van der Waals surface area contributed by atoms with Crippen LogP contribution in [0.5, 0.6) is 0 Å². The number of aromatic nitrogens is 2. The molecule has 0 aliphatic carbocycles. The molecule has 0 saturated heterocycles. The maximum Gasteiger partial charge on any atom is 0.339 e. The highest BCUT2D eigenvalue weighted by Gasteiger charge is 2.16. The Morgan fingerprint density at radius 2 is 1.75 bits per heavy atom. The van der Waals surface area contributed by atoms with Crippen molar-refractivity contribution < 1.29 is 24.6 Å². The summed E-state index contributed by atoms with van der Waals surface area (Å²) in [6, 6.07) is 2.07. The van der Waals surface area contributed by atoms with E-state index >= 15 is 0 Å².